The van der Waals surface area contributed by atoms with Crippen molar-refractivity contribution in [3.05, 3.63) is 0 Å². The minimum Gasteiger partial charge on any atom is -0.481 e. The van der Waals surface area contributed by atoms with Gasteiger partial charge in [-0.05, 0) is 12.8 Å². The SMILES string of the molecule is O=C(O)CCSCC1CCCC1=O. The van der Waals surface area contributed by atoms with Crippen molar-refractivity contribution >= 4 is 23.5 Å². The predicted molar refractivity (Wildman–Crippen MR) is 51.9 cm³/mol. The van der Waals surface area contributed by atoms with E-state index in [9.17, 15) is 9.59 Å². The molecule has 0 heterocycles. The Morgan fingerprint density at radius 3 is 2.92 bits per heavy atom. The highest BCUT2D eigenvalue weighted by Gasteiger charge is 2.23. The summed E-state index contributed by atoms with van der Waals surface area (Å²) in [6, 6.07) is 0. The number of thioether (sulfide) groups is 1. The van der Waals surface area contributed by atoms with E-state index >= 15 is 0 Å². The third-order valence-electron chi connectivity index (χ3n) is 2.21. The highest BCUT2D eigenvalue weighted by atomic mass is 32.2. The van der Waals surface area contributed by atoms with Crippen molar-refractivity contribution in [3.8, 4) is 0 Å². The van der Waals surface area contributed by atoms with Gasteiger partial charge in [0.05, 0.1) is 6.42 Å². The molecule has 1 aliphatic carbocycles. The second-order valence-electron chi connectivity index (χ2n) is 3.27. The molecular weight excluding hydrogens is 188 g/mol. The van der Waals surface area contributed by atoms with Gasteiger partial charge < -0.3 is 5.11 Å². The standard InChI is InChI=1S/C9H14O3S/c10-8-3-1-2-7(8)6-13-5-4-9(11)12/h7H,1-6H2,(H,11,12). The van der Waals surface area contributed by atoms with E-state index < -0.39 is 5.97 Å². The van der Waals surface area contributed by atoms with E-state index in [0.29, 0.717) is 11.5 Å². The molecule has 0 aromatic heterocycles. The van der Waals surface area contributed by atoms with Crippen LogP contribution in [-0.4, -0.2) is 28.4 Å². The lowest BCUT2D eigenvalue weighted by atomic mass is 10.1. The first-order chi connectivity index (χ1) is 6.20. The second kappa shape index (κ2) is 5.27. The molecule has 0 aromatic rings. The fourth-order valence-corrected chi connectivity index (χ4v) is 2.57. The van der Waals surface area contributed by atoms with Crippen molar-refractivity contribution in [2.75, 3.05) is 11.5 Å². The average molecular weight is 202 g/mol. The van der Waals surface area contributed by atoms with Gasteiger partial charge in [-0.2, -0.15) is 11.8 Å². The van der Waals surface area contributed by atoms with Crippen LogP contribution in [0.1, 0.15) is 25.7 Å². The number of hydrogen-bond acceptors (Lipinski definition) is 3. The molecule has 0 spiro atoms. The third-order valence-corrected chi connectivity index (χ3v) is 3.34. The van der Waals surface area contributed by atoms with Gasteiger partial charge in [0.15, 0.2) is 0 Å². The van der Waals surface area contributed by atoms with E-state index in [1.807, 2.05) is 0 Å². The smallest absolute Gasteiger partial charge is 0.304 e. The van der Waals surface area contributed by atoms with Crippen LogP contribution in [0, 0.1) is 5.92 Å². The van der Waals surface area contributed by atoms with Gasteiger partial charge in [-0.25, -0.2) is 0 Å². The van der Waals surface area contributed by atoms with Gasteiger partial charge in [0.25, 0.3) is 0 Å². The summed E-state index contributed by atoms with van der Waals surface area (Å²) in [5.41, 5.74) is 0. The molecule has 0 saturated heterocycles. The summed E-state index contributed by atoms with van der Waals surface area (Å²) in [4.78, 5) is 21.4. The van der Waals surface area contributed by atoms with Gasteiger partial charge >= 0.3 is 5.97 Å². The zero-order chi connectivity index (χ0) is 9.68. The van der Waals surface area contributed by atoms with E-state index in [2.05, 4.69) is 0 Å². The number of hydrogen-bond donors (Lipinski definition) is 1. The van der Waals surface area contributed by atoms with E-state index in [4.69, 9.17) is 5.11 Å². The number of ketones is 1. The van der Waals surface area contributed by atoms with Crippen molar-refractivity contribution in [2.24, 2.45) is 5.92 Å². The van der Waals surface area contributed by atoms with Gasteiger partial charge in [-0.3, -0.25) is 9.59 Å². The molecule has 0 aromatic carbocycles. The summed E-state index contributed by atoms with van der Waals surface area (Å²) in [5, 5.41) is 8.38. The molecule has 0 amide bonds. The van der Waals surface area contributed by atoms with Crippen molar-refractivity contribution in [1.82, 2.24) is 0 Å². The summed E-state index contributed by atoms with van der Waals surface area (Å²) in [7, 11) is 0. The zero-order valence-electron chi connectivity index (χ0n) is 7.49. The fraction of sp³-hybridized carbons (Fsp3) is 0.778. The van der Waals surface area contributed by atoms with Crippen LogP contribution in [0.4, 0.5) is 0 Å². The first kappa shape index (κ1) is 10.6. The minimum atomic E-state index is -0.759. The van der Waals surface area contributed by atoms with E-state index in [0.717, 1.165) is 25.0 Å². The summed E-state index contributed by atoms with van der Waals surface area (Å²) < 4.78 is 0. The Hall–Kier alpha value is -0.510. The van der Waals surface area contributed by atoms with E-state index in [-0.39, 0.29) is 12.3 Å². The van der Waals surface area contributed by atoms with Crippen LogP contribution in [0.3, 0.4) is 0 Å². The number of Topliss-reactive ketones (excluding diaryl/α,β-unsaturated/α-hetero) is 1. The van der Waals surface area contributed by atoms with Crippen LogP contribution in [0.25, 0.3) is 0 Å². The zero-order valence-corrected chi connectivity index (χ0v) is 8.31. The Morgan fingerprint density at radius 2 is 2.38 bits per heavy atom. The number of carbonyl (C=O) groups is 2. The third kappa shape index (κ3) is 3.81. The Morgan fingerprint density at radius 1 is 1.62 bits per heavy atom. The Kier molecular flexibility index (Phi) is 4.28. The molecule has 13 heavy (non-hydrogen) atoms. The molecular formula is C9H14O3S. The lowest BCUT2D eigenvalue weighted by Gasteiger charge is -2.05. The Labute approximate surface area is 81.9 Å². The Balaban J connectivity index is 2.05. The van der Waals surface area contributed by atoms with Gasteiger partial charge in [0, 0.05) is 23.8 Å². The molecule has 1 unspecified atom stereocenters. The molecule has 1 N–H and O–H groups in total. The molecule has 0 radical (unpaired) electrons. The van der Waals surface area contributed by atoms with Crippen LogP contribution in [0.5, 0.6) is 0 Å². The maximum absolute atomic E-state index is 11.2. The molecule has 1 rings (SSSR count). The lowest BCUT2D eigenvalue weighted by Crippen LogP contribution is -2.09. The first-order valence-corrected chi connectivity index (χ1v) is 5.68. The van der Waals surface area contributed by atoms with Crippen molar-refractivity contribution in [3.63, 3.8) is 0 Å². The summed E-state index contributed by atoms with van der Waals surface area (Å²) >= 11 is 1.58. The molecule has 3 nitrogen and oxygen atoms in total. The highest BCUT2D eigenvalue weighted by molar-refractivity contribution is 7.99. The lowest BCUT2D eigenvalue weighted by molar-refractivity contribution is -0.136. The molecule has 74 valence electrons. The van der Waals surface area contributed by atoms with Gasteiger partial charge in [-0.1, -0.05) is 0 Å². The first-order valence-electron chi connectivity index (χ1n) is 4.52. The number of aliphatic carboxylic acids is 1. The number of carbonyl (C=O) groups excluding carboxylic acids is 1. The van der Waals surface area contributed by atoms with Crippen LogP contribution < -0.4 is 0 Å². The van der Waals surface area contributed by atoms with E-state index in [1.54, 1.807) is 11.8 Å². The van der Waals surface area contributed by atoms with Crippen molar-refractivity contribution in [1.29, 1.82) is 0 Å². The summed E-state index contributed by atoms with van der Waals surface area (Å²) in [5.74, 6) is 1.25. The van der Waals surface area contributed by atoms with Crippen LogP contribution in [-0.2, 0) is 9.59 Å². The van der Waals surface area contributed by atoms with Gasteiger partial charge in [-0.15, -0.1) is 0 Å². The number of rotatable bonds is 5. The maximum atomic E-state index is 11.2. The molecule has 4 heteroatoms. The topological polar surface area (TPSA) is 54.4 Å². The second-order valence-corrected chi connectivity index (χ2v) is 4.42. The number of carboxylic acids is 1. The number of carboxylic acid groups (broad SMARTS) is 1. The van der Waals surface area contributed by atoms with E-state index in [1.165, 1.54) is 0 Å². The Bertz CT molecular complexity index is 203. The molecule has 1 atom stereocenters. The molecule has 1 fully saturated rings. The van der Waals surface area contributed by atoms with Crippen molar-refractivity contribution in [2.45, 2.75) is 25.7 Å². The summed E-state index contributed by atoms with van der Waals surface area (Å²) in [6.45, 7) is 0. The normalized spacial score (nSPS) is 22.2. The minimum absolute atomic E-state index is 0.200. The molecule has 0 bridgehead atoms. The average Bonchev–Trinajstić information content (AvgIpc) is 2.45. The van der Waals surface area contributed by atoms with Crippen LogP contribution in [0.15, 0.2) is 0 Å². The highest BCUT2D eigenvalue weighted by Crippen LogP contribution is 2.24. The monoisotopic (exact) mass is 202 g/mol. The van der Waals surface area contributed by atoms with Crippen LogP contribution >= 0.6 is 11.8 Å². The van der Waals surface area contributed by atoms with Crippen molar-refractivity contribution < 1.29 is 14.7 Å². The summed E-state index contributed by atoms with van der Waals surface area (Å²) in [6.07, 6.45) is 2.94. The largest absolute Gasteiger partial charge is 0.481 e. The molecule has 0 aliphatic heterocycles. The fourth-order valence-electron chi connectivity index (χ4n) is 1.45. The quantitative estimate of drug-likeness (QED) is 0.687. The van der Waals surface area contributed by atoms with Crippen LogP contribution in [0.2, 0.25) is 0 Å². The predicted octanol–water partition coefficient (Wildman–Crippen LogP) is 1.56. The van der Waals surface area contributed by atoms with Gasteiger partial charge in [0.2, 0.25) is 0 Å². The van der Waals surface area contributed by atoms with Gasteiger partial charge in [0.1, 0.15) is 5.78 Å². The maximum Gasteiger partial charge on any atom is 0.304 e. The molecule has 1 aliphatic rings. The molecule has 1 saturated carbocycles.